The molecule has 0 unspecified atom stereocenters. The number of pyridine rings is 1. The number of fused-ring (bicyclic) bond motifs is 1. The molecule has 0 bridgehead atoms. The fraction of sp³-hybridized carbons (Fsp3) is 0.167. The Labute approximate surface area is 121 Å². The number of hydrogen-bond donors (Lipinski definition) is 0. The first kappa shape index (κ1) is 14.0. The van der Waals surface area contributed by atoms with Crippen LogP contribution in [0.1, 0.15) is 16.1 Å². The van der Waals surface area contributed by atoms with Crippen molar-refractivity contribution in [1.29, 1.82) is 0 Å². The molecule has 0 aliphatic carbocycles. The third kappa shape index (κ3) is 2.60. The molecule has 0 spiro atoms. The van der Waals surface area contributed by atoms with Gasteiger partial charge >= 0.3 is 29.6 Å². The van der Waals surface area contributed by atoms with E-state index in [1.807, 2.05) is 25.1 Å². The second-order valence-electron chi connectivity index (χ2n) is 3.47. The van der Waals surface area contributed by atoms with Crippen molar-refractivity contribution in [2.45, 2.75) is 6.92 Å². The number of aromatic nitrogens is 1. The Morgan fingerprint density at radius 3 is 2.71 bits per heavy atom. The van der Waals surface area contributed by atoms with Gasteiger partial charge in [0.1, 0.15) is 5.75 Å². The van der Waals surface area contributed by atoms with Crippen LogP contribution in [0.4, 0.5) is 0 Å². The number of benzene rings is 1. The summed E-state index contributed by atoms with van der Waals surface area (Å²) in [7, 11) is 1.50. The number of carboxylic acids is 1. The normalized spacial score (nSPS) is 9.76. The minimum atomic E-state index is -1.30. The summed E-state index contributed by atoms with van der Waals surface area (Å²) in [5.41, 5.74) is 1.42. The van der Waals surface area contributed by atoms with Gasteiger partial charge in [0.2, 0.25) is 0 Å². The summed E-state index contributed by atoms with van der Waals surface area (Å²) in [4.78, 5) is 14.8. The Hall–Kier alpha value is -1.10. The molecular formula is C12H10NNaO3. The third-order valence-corrected chi connectivity index (χ3v) is 2.43. The number of ether oxygens (including phenoxy) is 1. The maximum absolute atomic E-state index is 10.8. The smallest absolute Gasteiger partial charge is 0.543 e. The molecule has 1 aromatic heterocycles. The Morgan fingerprint density at radius 2 is 2.12 bits per heavy atom. The maximum Gasteiger partial charge on any atom is 1.00 e. The van der Waals surface area contributed by atoms with E-state index in [9.17, 15) is 9.90 Å². The second-order valence-corrected chi connectivity index (χ2v) is 3.47. The van der Waals surface area contributed by atoms with Crippen molar-refractivity contribution in [2.24, 2.45) is 0 Å². The fourth-order valence-electron chi connectivity index (χ4n) is 1.63. The number of carboxylic acid groups (broad SMARTS) is 1. The van der Waals surface area contributed by atoms with E-state index in [0.29, 0.717) is 11.3 Å². The van der Waals surface area contributed by atoms with Crippen molar-refractivity contribution in [3.05, 3.63) is 35.5 Å². The summed E-state index contributed by atoms with van der Waals surface area (Å²) < 4.78 is 5.14. The summed E-state index contributed by atoms with van der Waals surface area (Å²) in [5.74, 6) is -0.809. The van der Waals surface area contributed by atoms with Gasteiger partial charge in [-0.3, -0.25) is 0 Å². The Kier molecular flexibility index (Phi) is 4.51. The molecule has 0 atom stereocenters. The van der Waals surface area contributed by atoms with Gasteiger partial charge in [0.05, 0.1) is 24.3 Å². The molecular weight excluding hydrogens is 229 g/mol. The first-order valence-corrected chi connectivity index (χ1v) is 4.79. The molecule has 17 heavy (non-hydrogen) atoms. The zero-order chi connectivity index (χ0) is 11.7. The van der Waals surface area contributed by atoms with Crippen molar-refractivity contribution in [3.8, 4) is 5.75 Å². The number of nitrogens with zero attached hydrogens (tertiary/aromatic N) is 1. The minimum Gasteiger partial charge on any atom is -0.543 e. The van der Waals surface area contributed by atoms with Crippen molar-refractivity contribution in [2.75, 3.05) is 7.11 Å². The summed E-state index contributed by atoms with van der Waals surface area (Å²) in [6.07, 6.45) is 0. The number of carbonyl (C=O) groups excluding carboxylic acids is 1. The Morgan fingerprint density at radius 1 is 1.41 bits per heavy atom. The predicted octanol–water partition coefficient (Wildman–Crippen LogP) is -2.08. The van der Waals surface area contributed by atoms with Crippen LogP contribution in [0.3, 0.4) is 0 Å². The molecule has 2 aromatic rings. The average Bonchev–Trinajstić information content (AvgIpc) is 2.28. The monoisotopic (exact) mass is 239 g/mol. The molecule has 0 N–H and O–H groups in total. The van der Waals surface area contributed by atoms with Gasteiger partial charge in [-0.15, -0.1) is 0 Å². The van der Waals surface area contributed by atoms with E-state index in [1.165, 1.54) is 13.2 Å². The minimum absolute atomic E-state index is 0. The van der Waals surface area contributed by atoms with Crippen LogP contribution in [-0.4, -0.2) is 18.1 Å². The molecule has 0 radical (unpaired) electrons. The fourth-order valence-corrected chi connectivity index (χ4v) is 1.63. The van der Waals surface area contributed by atoms with Crippen molar-refractivity contribution < 1.29 is 44.2 Å². The van der Waals surface area contributed by atoms with E-state index >= 15 is 0 Å². The molecule has 4 nitrogen and oxygen atoms in total. The number of carbonyl (C=O) groups is 1. The zero-order valence-electron chi connectivity index (χ0n) is 9.98. The number of aromatic carboxylic acids is 1. The molecule has 0 fully saturated rings. The summed E-state index contributed by atoms with van der Waals surface area (Å²) in [6.45, 7) is 1.87. The van der Waals surface area contributed by atoms with Gasteiger partial charge in [-0.05, 0) is 18.6 Å². The number of rotatable bonds is 2. The standard InChI is InChI=1S/C12H11NO3.Na/c1-7-4-3-5-8-10(16-2)6-9(12(14)15)13-11(7)8;/h3-6H,1-2H3,(H,14,15);/q;+1/p-1. The van der Waals surface area contributed by atoms with E-state index in [2.05, 4.69) is 4.98 Å². The zero-order valence-corrected chi connectivity index (χ0v) is 12.0. The Bertz CT molecular complexity index is 569. The van der Waals surface area contributed by atoms with Crippen LogP contribution in [0.25, 0.3) is 10.9 Å². The van der Waals surface area contributed by atoms with Gasteiger partial charge in [0.25, 0.3) is 0 Å². The van der Waals surface area contributed by atoms with Gasteiger partial charge in [-0.25, -0.2) is 4.98 Å². The van der Waals surface area contributed by atoms with Gasteiger partial charge in [0.15, 0.2) is 0 Å². The topological polar surface area (TPSA) is 62.2 Å². The maximum atomic E-state index is 10.8. The van der Waals surface area contributed by atoms with Crippen molar-refractivity contribution >= 4 is 16.9 Å². The molecule has 5 heteroatoms. The van der Waals surface area contributed by atoms with E-state index in [4.69, 9.17) is 4.74 Å². The van der Waals surface area contributed by atoms with Crippen LogP contribution in [0.15, 0.2) is 24.3 Å². The molecule has 1 heterocycles. The SMILES string of the molecule is COc1cc(C(=O)[O-])nc2c(C)cccc12.[Na+]. The van der Waals surface area contributed by atoms with E-state index in [0.717, 1.165) is 10.9 Å². The molecule has 1 aromatic carbocycles. The first-order valence-electron chi connectivity index (χ1n) is 4.79. The number of aryl methyl sites for hydroxylation is 1. The number of methoxy groups -OCH3 is 1. The average molecular weight is 239 g/mol. The molecule has 82 valence electrons. The van der Waals surface area contributed by atoms with Crippen LogP contribution in [0.5, 0.6) is 5.75 Å². The molecule has 0 saturated heterocycles. The first-order chi connectivity index (χ1) is 7.63. The van der Waals surface area contributed by atoms with Crippen molar-refractivity contribution in [3.63, 3.8) is 0 Å². The van der Waals surface area contributed by atoms with Gasteiger partial charge in [-0.2, -0.15) is 0 Å². The summed E-state index contributed by atoms with van der Waals surface area (Å²) in [5, 5.41) is 11.6. The van der Waals surface area contributed by atoms with E-state index in [1.54, 1.807) is 0 Å². The van der Waals surface area contributed by atoms with Gasteiger partial charge in [-0.1, -0.05) is 12.1 Å². The van der Waals surface area contributed by atoms with E-state index < -0.39 is 5.97 Å². The summed E-state index contributed by atoms with van der Waals surface area (Å²) >= 11 is 0. The molecule has 0 amide bonds. The molecule has 0 aliphatic rings. The summed E-state index contributed by atoms with van der Waals surface area (Å²) in [6, 6.07) is 6.96. The van der Waals surface area contributed by atoms with E-state index in [-0.39, 0.29) is 35.3 Å². The third-order valence-electron chi connectivity index (χ3n) is 2.43. The van der Waals surface area contributed by atoms with Crippen LogP contribution < -0.4 is 39.4 Å². The van der Waals surface area contributed by atoms with Crippen molar-refractivity contribution in [1.82, 2.24) is 4.98 Å². The van der Waals surface area contributed by atoms with Crippen LogP contribution in [0.2, 0.25) is 0 Å². The van der Waals surface area contributed by atoms with Crippen LogP contribution in [0, 0.1) is 6.92 Å². The Balaban J connectivity index is 0.00000144. The van der Waals surface area contributed by atoms with Gasteiger partial charge in [0, 0.05) is 11.5 Å². The molecule has 0 saturated carbocycles. The predicted molar refractivity (Wildman–Crippen MR) is 57.4 cm³/mol. The van der Waals surface area contributed by atoms with Crippen LogP contribution in [-0.2, 0) is 0 Å². The molecule has 0 aliphatic heterocycles. The second kappa shape index (κ2) is 5.49. The molecule has 2 rings (SSSR count). The largest absolute Gasteiger partial charge is 1.00 e. The number of hydrogen-bond acceptors (Lipinski definition) is 4. The van der Waals surface area contributed by atoms with Crippen LogP contribution >= 0.6 is 0 Å². The van der Waals surface area contributed by atoms with Gasteiger partial charge < -0.3 is 14.6 Å². The quantitative estimate of drug-likeness (QED) is 0.564. The number of para-hydroxylation sites is 1.